The molecule has 0 spiro atoms. The van der Waals surface area contributed by atoms with Gasteiger partial charge >= 0.3 is 17.9 Å². The van der Waals surface area contributed by atoms with E-state index in [9.17, 15) is 14.4 Å². The van der Waals surface area contributed by atoms with Gasteiger partial charge in [0.15, 0.2) is 6.10 Å². The van der Waals surface area contributed by atoms with E-state index in [0.29, 0.717) is 19.3 Å². The molecule has 1 atom stereocenters. The van der Waals surface area contributed by atoms with Gasteiger partial charge in [0.1, 0.15) is 13.2 Å². The molecule has 0 radical (unpaired) electrons. The monoisotopic (exact) mass is 1060 g/mol. The molecule has 0 aliphatic heterocycles. The van der Waals surface area contributed by atoms with Crippen molar-refractivity contribution in [2.24, 2.45) is 0 Å². The topological polar surface area (TPSA) is 78.9 Å². The lowest BCUT2D eigenvalue weighted by molar-refractivity contribution is -0.167. The minimum Gasteiger partial charge on any atom is -0.462 e. The lowest BCUT2D eigenvalue weighted by atomic mass is 10.0. The van der Waals surface area contributed by atoms with E-state index < -0.39 is 6.10 Å². The van der Waals surface area contributed by atoms with E-state index in [2.05, 4.69) is 118 Å². The molecule has 0 aliphatic rings. The van der Waals surface area contributed by atoms with E-state index in [1.165, 1.54) is 161 Å². The van der Waals surface area contributed by atoms with Gasteiger partial charge in [0.2, 0.25) is 0 Å². The number of hydrogen-bond acceptors (Lipinski definition) is 6. The van der Waals surface area contributed by atoms with Crippen molar-refractivity contribution in [3.63, 3.8) is 0 Å². The second-order valence-electron chi connectivity index (χ2n) is 21.3. The van der Waals surface area contributed by atoms with Gasteiger partial charge in [-0.15, -0.1) is 0 Å². The third-order valence-electron chi connectivity index (χ3n) is 13.8. The van der Waals surface area contributed by atoms with Gasteiger partial charge in [-0.1, -0.05) is 285 Å². The number of carbonyl (C=O) groups is 3. The Hall–Kier alpha value is -3.67. The van der Waals surface area contributed by atoms with Crippen LogP contribution in [-0.4, -0.2) is 37.2 Å². The minimum atomic E-state index is -0.779. The first-order valence-electron chi connectivity index (χ1n) is 32.2. The molecule has 0 aromatic heterocycles. The second kappa shape index (κ2) is 63.9. The standard InChI is InChI=1S/C70H120O6/c1-4-7-10-13-16-19-22-25-26-27-28-29-30-31-32-33-34-35-36-37-38-39-40-41-42-43-44-46-48-51-54-57-60-63-69(72)75-66-67(65-74-68(71)62-59-56-53-50-47-24-21-18-15-12-9-6-3)76-70(73)64-61-58-55-52-49-45-23-20-17-14-11-8-5-2/h7,10,16,18-19,21,25-26,28-29,31-32,34-35,37-38,67H,4-6,8-9,11-15,17,20,22-24,27,30,33,36,39-66H2,1-3H3/b10-7-,19-16-,21-18-,26-25-,29-28-,32-31-,35-34-,38-37-. The van der Waals surface area contributed by atoms with Crippen molar-refractivity contribution in [2.75, 3.05) is 13.2 Å². The lowest BCUT2D eigenvalue weighted by Gasteiger charge is -2.18. The molecular formula is C70H120O6. The molecule has 0 saturated carbocycles. The molecule has 0 rings (SSSR count). The number of hydrogen-bond donors (Lipinski definition) is 0. The maximum Gasteiger partial charge on any atom is 0.306 e. The SMILES string of the molecule is CC/C=C\C/C=C\C/C=C\C/C=C\C/C=C\C/C=C\C/C=C\CCCCCCCCCCCCCC(=O)OCC(COC(=O)CCCCCCC/C=C\CCCCC)OC(=O)CCCCCCCCCCCCCCC. The van der Waals surface area contributed by atoms with Crippen molar-refractivity contribution in [1.82, 2.24) is 0 Å². The van der Waals surface area contributed by atoms with Crippen LogP contribution in [0.25, 0.3) is 0 Å². The van der Waals surface area contributed by atoms with Crippen LogP contribution in [0.1, 0.15) is 310 Å². The van der Waals surface area contributed by atoms with Crippen LogP contribution in [0.2, 0.25) is 0 Å². The normalized spacial score (nSPS) is 12.7. The summed E-state index contributed by atoms with van der Waals surface area (Å²) in [4.78, 5) is 38.2. The number of rotatable bonds is 58. The largest absolute Gasteiger partial charge is 0.462 e. The molecule has 76 heavy (non-hydrogen) atoms. The quantitative estimate of drug-likeness (QED) is 0.0261. The Morgan fingerprint density at radius 3 is 0.842 bits per heavy atom. The Balaban J connectivity index is 4.17. The third kappa shape index (κ3) is 61.2. The van der Waals surface area contributed by atoms with Gasteiger partial charge in [-0.25, -0.2) is 0 Å². The Morgan fingerprint density at radius 1 is 0.276 bits per heavy atom. The molecule has 6 heteroatoms. The van der Waals surface area contributed by atoms with Crippen LogP contribution in [0.15, 0.2) is 97.2 Å². The van der Waals surface area contributed by atoms with E-state index in [-0.39, 0.29) is 31.1 Å². The summed E-state index contributed by atoms with van der Waals surface area (Å²) in [6.45, 7) is 6.51. The van der Waals surface area contributed by atoms with Gasteiger partial charge in [-0.2, -0.15) is 0 Å². The van der Waals surface area contributed by atoms with Crippen molar-refractivity contribution >= 4 is 17.9 Å². The van der Waals surface area contributed by atoms with Crippen LogP contribution in [-0.2, 0) is 28.6 Å². The molecule has 0 saturated heterocycles. The average molecular weight is 1060 g/mol. The molecule has 0 aliphatic carbocycles. The fourth-order valence-corrected chi connectivity index (χ4v) is 9.01. The molecule has 436 valence electrons. The van der Waals surface area contributed by atoms with E-state index in [0.717, 1.165) is 109 Å². The summed E-state index contributed by atoms with van der Waals surface area (Å²) in [5.74, 6) is -0.880. The van der Waals surface area contributed by atoms with Crippen LogP contribution in [0.4, 0.5) is 0 Å². The highest BCUT2D eigenvalue weighted by Crippen LogP contribution is 2.16. The Morgan fingerprint density at radius 2 is 0.513 bits per heavy atom. The number of ether oxygens (including phenoxy) is 3. The molecule has 0 fully saturated rings. The summed E-state index contributed by atoms with van der Waals surface area (Å²) in [5.41, 5.74) is 0. The molecule has 0 aromatic rings. The van der Waals surface area contributed by atoms with Crippen LogP contribution in [0, 0.1) is 0 Å². The molecule has 1 unspecified atom stereocenters. The predicted octanol–water partition coefficient (Wildman–Crippen LogP) is 22.0. The second-order valence-corrected chi connectivity index (χ2v) is 21.3. The highest BCUT2D eigenvalue weighted by atomic mass is 16.6. The summed E-state index contributed by atoms with van der Waals surface area (Å²) in [7, 11) is 0. The van der Waals surface area contributed by atoms with Crippen molar-refractivity contribution < 1.29 is 28.6 Å². The third-order valence-corrected chi connectivity index (χ3v) is 13.8. The van der Waals surface area contributed by atoms with Gasteiger partial charge in [-0.3, -0.25) is 14.4 Å². The first-order valence-corrected chi connectivity index (χ1v) is 32.2. The van der Waals surface area contributed by atoms with Crippen LogP contribution < -0.4 is 0 Å². The van der Waals surface area contributed by atoms with E-state index in [1.54, 1.807) is 0 Å². The van der Waals surface area contributed by atoms with Crippen molar-refractivity contribution in [3.8, 4) is 0 Å². The zero-order chi connectivity index (χ0) is 55.0. The fraction of sp³-hybridized carbons (Fsp3) is 0.729. The van der Waals surface area contributed by atoms with Crippen molar-refractivity contribution in [1.29, 1.82) is 0 Å². The summed E-state index contributed by atoms with van der Waals surface area (Å²) in [6, 6.07) is 0. The summed E-state index contributed by atoms with van der Waals surface area (Å²) >= 11 is 0. The minimum absolute atomic E-state index is 0.0781. The Labute approximate surface area is 470 Å². The van der Waals surface area contributed by atoms with Crippen molar-refractivity contribution in [3.05, 3.63) is 97.2 Å². The molecule has 0 bridgehead atoms. The zero-order valence-corrected chi connectivity index (χ0v) is 50.0. The first kappa shape index (κ1) is 72.3. The number of allylic oxidation sites excluding steroid dienone is 16. The summed E-state index contributed by atoms with van der Waals surface area (Å²) in [6.07, 6.45) is 85.6. The van der Waals surface area contributed by atoms with E-state index in [4.69, 9.17) is 14.2 Å². The first-order chi connectivity index (χ1) is 37.5. The van der Waals surface area contributed by atoms with E-state index >= 15 is 0 Å². The maximum atomic E-state index is 12.8. The predicted molar refractivity (Wildman–Crippen MR) is 330 cm³/mol. The van der Waals surface area contributed by atoms with Crippen LogP contribution in [0.5, 0.6) is 0 Å². The average Bonchev–Trinajstić information content (AvgIpc) is 3.42. The Kier molecular flexibility index (Phi) is 60.8. The van der Waals surface area contributed by atoms with Crippen molar-refractivity contribution in [2.45, 2.75) is 316 Å². The van der Waals surface area contributed by atoms with Gasteiger partial charge in [0, 0.05) is 19.3 Å². The fourth-order valence-electron chi connectivity index (χ4n) is 9.01. The highest BCUT2D eigenvalue weighted by Gasteiger charge is 2.19. The van der Waals surface area contributed by atoms with Gasteiger partial charge in [0.05, 0.1) is 0 Å². The maximum absolute atomic E-state index is 12.8. The van der Waals surface area contributed by atoms with E-state index in [1.807, 2.05) is 0 Å². The Bertz CT molecular complexity index is 1490. The smallest absolute Gasteiger partial charge is 0.306 e. The molecular weight excluding hydrogens is 937 g/mol. The van der Waals surface area contributed by atoms with Crippen LogP contribution >= 0.6 is 0 Å². The summed E-state index contributed by atoms with van der Waals surface area (Å²) < 4.78 is 16.9. The summed E-state index contributed by atoms with van der Waals surface area (Å²) in [5, 5.41) is 0. The molecule has 0 N–H and O–H groups in total. The van der Waals surface area contributed by atoms with Gasteiger partial charge in [0.25, 0.3) is 0 Å². The zero-order valence-electron chi connectivity index (χ0n) is 50.0. The number of esters is 3. The molecule has 0 amide bonds. The highest BCUT2D eigenvalue weighted by molar-refractivity contribution is 5.71. The van der Waals surface area contributed by atoms with Gasteiger partial charge in [-0.05, 0) is 103 Å². The molecule has 0 aromatic carbocycles. The van der Waals surface area contributed by atoms with Crippen LogP contribution in [0.3, 0.4) is 0 Å². The molecule has 0 heterocycles. The number of unbranched alkanes of at least 4 members (excludes halogenated alkanes) is 31. The number of carbonyl (C=O) groups excluding carboxylic acids is 3. The molecule has 6 nitrogen and oxygen atoms in total. The lowest BCUT2D eigenvalue weighted by Crippen LogP contribution is -2.30. The van der Waals surface area contributed by atoms with Gasteiger partial charge < -0.3 is 14.2 Å².